The lowest BCUT2D eigenvalue weighted by Gasteiger charge is -2.24. The van der Waals surface area contributed by atoms with Gasteiger partial charge in [-0.3, -0.25) is 0 Å². The molecule has 0 amide bonds. The highest BCUT2D eigenvalue weighted by Crippen LogP contribution is 2.42. The smallest absolute Gasteiger partial charge is 0.162 e. The largest absolute Gasteiger partial charge is 0.504 e. The van der Waals surface area contributed by atoms with Crippen LogP contribution in [0.1, 0.15) is 32.4 Å². The number of phenolic OH excluding ortho intramolecular Hbond substituents is 1. The van der Waals surface area contributed by atoms with Crippen molar-refractivity contribution in [1.29, 1.82) is 0 Å². The van der Waals surface area contributed by atoms with Crippen molar-refractivity contribution in [3.05, 3.63) is 17.7 Å². The fourth-order valence-electron chi connectivity index (χ4n) is 2.23. The summed E-state index contributed by atoms with van der Waals surface area (Å²) in [5.41, 5.74) is 1.73. The number of benzene rings is 1. The van der Waals surface area contributed by atoms with E-state index in [1.807, 2.05) is 13.0 Å². The van der Waals surface area contributed by atoms with Gasteiger partial charge in [-0.1, -0.05) is 0 Å². The third kappa shape index (κ3) is 2.05. The number of aliphatic hydroxyl groups excluding tert-OH is 1. The first kappa shape index (κ1) is 12.0. The zero-order valence-corrected chi connectivity index (χ0v) is 10.5. The number of fused-ring (bicyclic) bond motifs is 1. The van der Waals surface area contributed by atoms with E-state index in [0.717, 1.165) is 11.3 Å². The summed E-state index contributed by atoms with van der Waals surface area (Å²) in [4.78, 5) is 2.11. The Morgan fingerprint density at radius 3 is 2.76 bits per heavy atom. The van der Waals surface area contributed by atoms with Crippen LogP contribution in [-0.4, -0.2) is 29.4 Å². The lowest BCUT2D eigenvalue weighted by molar-refractivity contribution is 0.192. The maximum absolute atomic E-state index is 9.95. The number of aromatic hydroxyl groups is 1. The highest BCUT2D eigenvalue weighted by molar-refractivity contribution is 5.66. The van der Waals surface area contributed by atoms with Gasteiger partial charge in [0.25, 0.3) is 0 Å². The minimum atomic E-state index is -0.533. The molecule has 0 saturated carbocycles. The standard InChI is InChI=1S/C13H19NO3/c1-4-17-13-6-10-9(5-11(13)15)12(16)7-14(10)8(2)3/h5-6,8,12,15-16H,4,7H2,1-3H3. The van der Waals surface area contributed by atoms with E-state index in [1.54, 1.807) is 6.07 Å². The van der Waals surface area contributed by atoms with Gasteiger partial charge in [0.2, 0.25) is 0 Å². The zero-order valence-electron chi connectivity index (χ0n) is 10.5. The highest BCUT2D eigenvalue weighted by Gasteiger charge is 2.30. The molecule has 94 valence electrons. The molecular weight excluding hydrogens is 218 g/mol. The Morgan fingerprint density at radius 2 is 2.18 bits per heavy atom. The van der Waals surface area contributed by atoms with Gasteiger partial charge in [0.1, 0.15) is 0 Å². The maximum Gasteiger partial charge on any atom is 0.162 e. The number of ether oxygens (including phenoxy) is 1. The second-order valence-electron chi connectivity index (χ2n) is 4.57. The van der Waals surface area contributed by atoms with Crippen molar-refractivity contribution in [3.8, 4) is 11.5 Å². The maximum atomic E-state index is 9.95. The van der Waals surface area contributed by atoms with E-state index < -0.39 is 6.10 Å². The molecule has 0 bridgehead atoms. The molecular formula is C13H19NO3. The molecule has 2 N–H and O–H groups in total. The van der Waals surface area contributed by atoms with Crippen molar-refractivity contribution in [2.75, 3.05) is 18.1 Å². The second kappa shape index (κ2) is 4.45. The Balaban J connectivity index is 2.44. The topological polar surface area (TPSA) is 52.9 Å². The summed E-state index contributed by atoms with van der Waals surface area (Å²) in [7, 11) is 0. The van der Waals surface area contributed by atoms with E-state index in [4.69, 9.17) is 4.74 Å². The van der Waals surface area contributed by atoms with Crippen LogP contribution in [0.15, 0.2) is 12.1 Å². The second-order valence-corrected chi connectivity index (χ2v) is 4.57. The summed E-state index contributed by atoms with van der Waals surface area (Å²) in [6.45, 7) is 7.12. The van der Waals surface area contributed by atoms with Crippen LogP contribution in [0.5, 0.6) is 11.5 Å². The number of nitrogens with zero attached hydrogens (tertiary/aromatic N) is 1. The summed E-state index contributed by atoms with van der Waals surface area (Å²) in [5, 5.41) is 19.7. The van der Waals surface area contributed by atoms with Crippen LogP contribution in [0.4, 0.5) is 5.69 Å². The molecule has 1 atom stereocenters. The van der Waals surface area contributed by atoms with Gasteiger partial charge in [-0.2, -0.15) is 0 Å². The summed E-state index contributed by atoms with van der Waals surface area (Å²) >= 11 is 0. The number of rotatable bonds is 3. The molecule has 0 radical (unpaired) electrons. The Kier molecular flexibility index (Phi) is 3.15. The monoisotopic (exact) mass is 237 g/mol. The van der Waals surface area contributed by atoms with Crippen LogP contribution in [0, 0.1) is 0 Å². The van der Waals surface area contributed by atoms with E-state index >= 15 is 0 Å². The predicted octanol–water partition coefficient (Wildman–Crippen LogP) is 2.05. The van der Waals surface area contributed by atoms with Crippen molar-refractivity contribution >= 4 is 5.69 Å². The molecule has 2 rings (SSSR count). The van der Waals surface area contributed by atoms with Gasteiger partial charge < -0.3 is 19.8 Å². The quantitative estimate of drug-likeness (QED) is 0.844. The molecule has 0 saturated heterocycles. The van der Waals surface area contributed by atoms with E-state index in [2.05, 4.69) is 18.7 Å². The third-order valence-electron chi connectivity index (χ3n) is 3.07. The molecule has 0 spiro atoms. The fraction of sp³-hybridized carbons (Fsp3) is 0.538. The summed E-state index contributed by atoms with van der Waals surface area (Å²) in [6, 6.07) is 3.72. The molecule has 1 unspecified atom stereocenters. The average molecular weight is 237 g/mol. The van der Waals surface area contributed by atoms with E-state index in [-0.39, 0.29) is 5.75 Å². The normalized spacial score (nSPS) is 18.6. The molecule has 17 heavy (non-hydrogen) atoms. The van der Waals surface area contributed by atoms with Gasteiger partial charge in [0, 0.05) is 29.9 Å². The van der Waals surface area contributed by atoms with Gasteiger partial charge in [-0.05, 0) is 26.8 Å². The Morgan fingerprint density at radius 1 is 1.47 bits per heavy atom. The van der Waals surface area contributed by atoms with Gasteiger partial charge in [-0.15, -0.1) is 0 Å². The molecule has 1 aliphatic rings. The first-order valence-corrected chi connectivity index (χ1v) is 5.99. The van der Waals surface area contributed by atoms with Crippen LogP contribution >= 0.6 is 0 Å². The molecule has 0 fully saturated rings. The van der Waals surface area contributed by atoms with Crippen LogP contribution in [0.2, 0.25) is 0 Å². The molecule has 1 aromatic rings. The molecule has 0 aromatic heterocycles. The van der Waals surface area contributed by atoms with Gasteiger partial charge in [0.05, 0.1) is 12.7 Å². The Labute approximate surface area is 101 Å². The van der Waals surface area contributed by atoms with Crippen molar-refractivity contribution in [3.63, 3.8) is 0 Å². The van der Waals surface area contributed by atoms with Crippen molar-refractivity contribution in [1.82, 2.24) is 0 Å². The van der Waals surface area contributed by atoms with Crippen LogP contribution in [0.3, 0.4) is 0 Å². The third-order valence-corrected chi connectivity index (χ3v) is 3.07. The lowest BCUT2D eigenvalue weighted by Crippen LogP contribution is -2.29. The van der Waals surface area contributed by atoms with Gasteiger partial charge >= 0.3 is 0 Å². The molecule has 0 aliphatic carbocycles. The Bertz CT molecular complexity index is 417. The number of hydrogen-bond donors (Lipinski definition) is 2. The molecule has 1 aliphatic heterocycles. The van der Waals surface area contributed by atoms with Crippen LogP contribution < -0.4 is 9.64 Å². The van der Waals surface area contributed by atoms with Crippen LogP contribution in [-0.2, 0) is 0 Å². The van der Waals surface area contributed by atoms with E-state index in [1.165, 1.54) is 0 Å². The molecule has 4 heteroatoms. The lowest BCUT2D eigenvalue weighted by atomic mass is 10.1. The number of phenols is 1. The number of aliphatic hydroxyl groups is 1. The molecule has 1 heterocycles. The predicted molar refractivity (Wildman–Crippen MR) is 66.7 cm³/mol. The fourth-order valence-corrected chi connectivity index (χ4v) is 2.23. The van der Waals surface area contributed by atoms with E-state index in [0.29, 0.717) is 24.9 Å². The van der Waals surface area contributed by atoms with Crippen molar-refractivity contribution < 1.29 is 14.9 Å². The zero-order chi connectivity index (χ0) is 12.6. The summed E-state index contributed by atoms with van der Waals surface area (Å²) in [5.74, 6) is 0.571. The van der Waals surface area contributed by atoms with Crippen molar-refractivity contribution in [2.24, 2.45) is 0 Å². The molecule has 4 nitrogen and oxygen atoms in total. The Hall–Kier alpha value is -1.42. The van der Waals surface area contributed by atoms with E-state index in [9.17, 15) is 10.2 Å². The SMILES string of the molecule is CCOc1cc2c(cc1O)C(O)CN2C(C)C. The highest BCUT2D eigenvalue weighted by atomic mass is 16.5. The summed E-state index contributed by atoms with van der Waals surface area (Å²) in [6.07, 6.45) is -0.533. The van der Waals surface area contributed by atoms with Gasteiger partial charge in [0.15, 0.2) is 11.5 Å². The first-order chi connectivity index (χ1) is 8.04. The minimum Gasteiger partial charge on any atom is -0.504 e. The number of anilines is 1. The molecule has 1 aromatic carbocycles. The van der Waals surface area contributed by atoms with Crippen LogP contribution in [0.25, 0.3) is 0 Å². The number of β-amino-alcohol motifs (C(OH)–C–C–N with tert-alkyl or cyclic N) is 1. The average Bonchev–Trinajstić information content (AvgIpc) is 2.57. The first-order valence-electron chi connectivity index (χ1n) is 5.99. The van der Waals surface area contributed by atoms with Crippen molar-refractivity contribution in [2.45, 2.75) is 32.9 Å². The minimum absolute atomic E-state index is 0.0928. The van der Waals surface area contributed by atoms with Gasteiger partial charge in [-0.25, -0.2) is 0 Å². The summed E-state index contributed by atoms with van der Waals surface area (Å²) < 4.78 is 5.37. The number of hydrogen-bond acceptors (Lipinski definition) is 4.